The lowest BCUT2D eigenvalue weighted by Gasteiger charge is -2.51. The fourth-order valence-corrected chi connectivity index (χ4v) is 5.78. The largest absolute Gasteiger partial charge is 0.332 e. The van der Waals surface area contributed by atoms with E-state index in [2.05, 4.69) is 6.58 Å². The highest BCUT2D eigenvalue weighted by Crippen LogP contribution is 2.37. The van der Waals surface area contributed by atoms with Gasteiger partial charge in [-0.25, -0.2) is 8.42 Å². The molecule has 6 heteroatoms. The summed E-state index contributed by atoms with van der Waals surface area (Å²) >= 11 is 0. The van der Waals surface area contributed by atoms with Crippen molar-refractivity contribution >= 4 is 15.9 Å². The molecule has 1 aromatic rings. The maximum absolute atomic E-state index is 12.9. The average Bonchev–Trinajstić information content (AvgIpc) is 2.59. The maximum atomic E-state index is 12.9. The standard InChI is InChI=1S/C19H26N2O3S/c1-2-13-21-18(22)10-6-11-19(21)12-7-14-20(16-19)25(23,24)15-17-8-4-3-5-9-17/h2-5,8-9H,1,6-7,10-16H2/t19-/m0/s1. The van der Waals surface area contributed by atoms with Crippen molar-refractivity contribution in [1.29, 1.82) is 0 Å². The van der Waals surface area contributed by atoms with Crippen LogP contribution >= 0.6 is 0 Å². The minimum Gasteiger partial charge on any atom is -0.332 e. The molecule has 25 heavy (non-hydrogen) atoms. The van der Waals surface area contributed by atoms with Crippen LogP contribution < -0.4 is 0 Å². The molecular weight excluding hydrogens is 336 g/mol. The first-order chi connectivity index (χ1) is 12.0. The van der Waals surface area contributed by atoms with Gasteiger partial charge in [-0.2, -0.15) is 4.31 Å². The quantitative estimate of drug-likeness (QED) is 0.757. The Balaban J connectivity index is 1.82. The molecule has 0 radical (unpaired) electrons. The van der Waals surface area contributed by atoms with Crippen LogP contribution in [0.5, 0.6) is 0 Å². The first-order valence-electron chi connectivity index (χ1n) is 8.90. The molecule has 1 aromatic carbocycles. The number of benzene rings is 1. The zero-order chi connectivity index (χ0) is 17.9. The van der Waals surface area contributed by atoms with E-state index in [1.54, 1.807) is 10.4 Å². The van der Waals surface area contributed by atoms with Crippen LogP contribution in [-0.4, -0.2) is 48.7 Å². The highest BCUT2D eigenvalue weighted by Gasteiger charge is 2.46. The van der Waals surface area contributed by atoms with E-state index in [1.165, 1.54) is 0 Å². The fraction of sp³-hybridized carbons (Fsp3) is 0.526. The second-order valence-corrected chi connectivity index (χ2v) is 9.02. The van der Waals surface area contributed by atoms with Crippen molar-refractivity contribution in [1.82, 2.24) is 9.21 Å². The van der Waals surface area contributed by atoms with E-state index in [9.17, 15) is 13.2 Å². The van der Waals surface area contributed by atoms with Crippen molar-refractivity contribution in [3.63, 3.8) is 0 Å². The number of nitrogens with zero attached hydrogens (tertiary/aromatic N) is 2. The van der Waals surface area contributed by atoms with Crippen LogP contribution in [0.15, 0.2) is 43.0 Å². The summed E-state index contributed by atoms with van der Waals surface area (Å²) in [5.41, 5.74) is 0.427. The number of carbonyl (C=O) groups is 1. The molecule has 2 aliphatic rings. The summed E-state index contributed by atoms with van der Waals surface area (Å²) in [4.78, 5) is 14.3. The molecule has 136 valence electrons. The minimum absolute atomic E-state index is 0.0132. The number of hydrogen-bond donors (Lipinski definition) is 0. The van der Waals surface area contributed by atoms with E-state index < -0.39 is 10.0 Å². The summed E-state index contributed by atoms with van der Waals surface area (Å²) in [6.07, 6.45) is 5.64. The number of carbonyl (C=O) groups excluding carboxylic acids is 1. The normalized spacial score (nSPS) is 25.3. The van der Waals surface area contributed by atoms with E-state index >= 15 is 0 Å². The van der Waals surface area contributed by atoms with Crippen LogP contribution in [0.1, 0.15) is 37.7 Å². The molecule has 2 saturated heterocycles. The first kappa shape index (κ1) is 18.1. The van der Waals surface area contributed by atoms with Crippen molar-refractivity contribution in [3.8, 4) is 0 Å². The lowest BCUT2D eigenvalue weighted by molar-refractivity contribution is -0.143. The number of likely N-dealkylation sites (tertiary alicyclic amines) is 1. The molecule has 3 rings (SSSR count). The van der Waals surface area contributed by atoms with Crippen LogP contribution in [0.25, 0.3) is 0 Å². The van der Waals surface area contributed by atoms with Gasteiger partial charge in [0.25, 0.3) is 0 Å². The van der Waals surface area contributed by atoms with Gasteiger partial charge in [-0.15, -0.1) is 6.58 Å². The van der Waals surface area contributed by atoms with Crippen LogP contribution in [0.4, 0.5) is 0 Å². The van der Waals surface area contributed by atoms with Gasteiger partial charge in [0, 0.05) is 26.1 Å². The highest BCUT2D eigenvalue weighted by molar-refractivity contribution is 7.88. The molecule has 1 amide bonds. The Labute approximate surface area is 150 Å². The Morgan fingerprint density at radius 2 is 1.88 bits per heavy atom. The highest BCUT2D eigenvalue weighted by atomic mass is 32.2. The second kappa shape index (κ2) is 7.30. The lowest BCUT2D eigenvalue weighted by atomic mass is 9.80. The third-order valence-electron chi connectivity index (χ3n) is 5.32. The number of hydrogen-bond acceptors (Lipinski definition) is 3. The third kappa shape index (κ3) is 3.80. The predicted octanol–water partition coefficient (Wildman–Crippen LogP) is 2.55. The molecule has 0 saturated carbocycles. The van der Waals surface area contributed by atoms with E-state index in [0.29, 0.717) is 26.1 Å². The van der Waals surface area contributed by atoms with Crippen LogP contribution in [0.3, 0.4) is 0 Å². The smallest absolute Gasteiger partial charge is 0.223 e. The van der Waals surface area contributed by atoms with Crippen molar-refractivity contribution in [2.45, 2.75) is 43.4 Å². The number of sulfonamides is 1. The molecule has 2 fully saturated rings. The van der Waals surface area contributed by atoms with Crippen molar-refractivity contribution in [2.75, 3.05) is 19.6 Å². The Hall–Kier alpha value is -1.66. The SMILES string of the molecule is C=CCN1C(=O)CCC[C@@]12CCCN(S(=O)(=O)Cc1ccccc1)C2. The zero-order valence-corrected chi connectivity index (χ0v) is 15.4. The molecule has 1 atom stereocenters. The van der Waals surface area contributed by atoms with Crippen LogP contribution in [0, 0.1) is 0 Å². The van der Waals surface area contributed by atoms with Crippen LogP contribution in [-0.2, 0) is 20.6 Å². The summed E-state index contributed by atoms with van der Waals surface area (Å²) < 4.78 is 27.5. The maximum Gasteiger partial charge on any atom is 0.223 e. The second-order valence-electron chi connectivity index (χ2n) is 7.05. The summed E-state index contributed by atoms with van der Waals surface area (Å²) in [7, 11) is -3.40. The molecule has 0 aliphatic carbocycles. The average molecular weight is 362 g/mol. The Morgan fingerprint density at radius 1 is 1.16 bits per heavy atom. The Kier molecular flexibility index (Phi) is 5.29. The molecule has 0 N–H and O–H groups in total. The molecule has 5 nitrogen and oxygen atoms in total. The van der Waals surface area contributed by atoms with Gasteiger partial charge in [0.2, 0.25) is 15.9 Å². The van der Waals surface area contributed by atoms with Gasteiger partial charge in [-0.05, 0) is 31.2 Å². The van der Waals surface area contributed by atoms with Gasteiger partial charge in [-0.3, -0.25) is 4.79 Å². The van der Waals surface area contributed by atoms with Gasteiger partial charge in [-0.1, -0.05) is 36.4 Å². The lowest BCUT2D eigenvalue weighted by Crippen LogP contribution is -2.63. The topological polar surface area (TPSA) is 57.7 Å². The van der Waals surface area contributed by atoms with Crippen molar-refractivity contribution in [2.24, 2.45) is 0 Å². The molecule has 0 bridgehead atoms. The van der Waals surface area contributed by atoms with Gasteiger partial charge in [0.05, 0.1) is 11.3 Å². The van der Waals surface area contributed by atoms with Gasteiger partial charge >= 0.3 is 0 Å². The summed E-state index contributed by atoms with van der Waals surface area (Å²) in [6, 6.07) is 9.27. The van der Waals surface area contributed by atoms with E-state index in [1.807, 2.05) is 35.2 Å². The van der Waals surface area contributed by atoms with E-state index in [-0.39, 0.29) is 17.2 Å². The van der Waals surface area contributed by atoms with Gasteiger partial charge in [0.1, 0.15) is 0 Å². The summed E-state index contributed by atoms with van der Waals surface area (Å²) in [5.74, 6) is 0.132. The molecule has 2 aliphatic heterocycles. The number of piperidine rings is 2. The Morgan fingerprint density at radius 3 is 2.60 bits per heavy atom. The molecule has 0 unspecified atom stereocenters. The minimum atomic E-state index is -3.40. The monoisotopic (exact) mass is 362 g/mol. The van der Waals surface area contributed by atoms with Crippen LogP contribution in [0.2, 0.25) is 0 Å². The Bertz CT molecular complexity index is 728. The molecule has 2 heterocycles. The van der Waals surface area contributed by atoms with E-state index in [4.69, 9.17) is 0 Å². The fourth-order valence-electron chi connectivity index (χ4n) is 4.14. The summed E-state index contributed by atoms with van der Waals surface area (Å²) in [5, 5.41) is 0. The molecule has 0 aromatic heterocycles. The van der Waals surface area contributed by atoms with Crippen molar-refractivity contribution in [3.05, 3.63) is 48.6 Å². The number of rotatable bonds is 5. The number of amides is 1. The summed E-state index contributed by atoms with van der Waals surface area (Å²) in [6.45, 7) is 5.20. The van der Waals surface area contributed by atoms with Gasteiger partial charge < -0.3 is 4.90 Å². The predicted molar refractivity (Wildman–Crippen MR) is 98.4 cm³/mol. The zero-order valence-electron chi connectivity index (χ0n) is 14.6. The molecule has 1 spiro atoms. The third-order valence-corrected chi connectivity index (χ3v) is 7.12. The van der Waals surface area contributed by atoms with Gasteiger partial charge in [0.15, 0.2) is 0 Å². The molecular formula is C19H26N2O3S. The first-order valence-corrected chi connectivity index (χ1v) is 10.5. The van der Waals surface area contributed by atoms with E-state index in [0.717, 1.165) is 31.2 Å². The van der Waals surface area contributed by atoms with Crippen molar-refractivity contribution < 1.29 is 13.2 Å².